The van der Waals surface area contributed by atoms with Gasteiger partial charge in [0.2, 0.25) is 0 Å². The lowest BCUT2D eigenvalue weighted by Gasteiger charge is -2.22. The number of aromatic nitrogens is 4. The molecule has 2 rings (SSSR count). The van der Waals surface area contributed by atoms with Crippen LogP contribution in [0.25, 0.3) is 5.82 Å². The molecule has 7 heteroatoms. The Balaban J connectivity index is 1.98. The maximum absolute atomic E-state index is 9.96. The average Bonchev–Trinajstić information content (AvgIpc) is 2.84. The molecule has 0 bridgehead atoms. The minimum absolute atomic E-state index is 0.248. The fourth-order valence-electron chi connectivity index (χ4n) is 1.73. The molecule has 0 unspecified atom stereocenters. The van der Waals surface area contributed by atoms with Crippen LogP contribution in [0.5, 0.6) is 0 Å². The summed E-state index contributed by atoms with van der Waals surface area (Å²) in [5.74, 6) is 1.24. The molecule has 0 aliphatic rings. The van der Waals surface area contributed by atoms with Crippen molar-refractivity contribution >= 4 is 5.82 Å². The molecule has 2 aromatic rings. The second-order valence-electron chi connectivity index (χ2n) is 4.96. The highest BCUT2D eigenvalue weighted by atomic mass is 16.5. The summed E-state index contributed by atoms with van der Waals surface area (Å²) in [6.07, 6.45) is 1.83. The number of ether oxygens (including phenoxy) is 1. The number of hydrogen-bond acceptors (Lipinski definition) is 6. The number of anilines is 1. The standard InChI is InChI=1S/C13H19N5O2/c1-10-6-7-18(17-10)12-5-4-11(15-16-12)14-8-13(2,19)9-20-3/h4-7,19H,8-9H2,1-3H3,(H,14,15)/t13-/m1/s1. The lowest BCUT2D eigenvalue weighted by atomic mass is 10.1. The Kier molecular flexibility index (Phi) is 4.31. The van der Waals surface area contributed by atoms with Crippen molar-refractivity contribution in [3.05, 3.63) is 30.1 Å². The molecule has 0 aliphatic carbocycles. The molecule has 0 fully saturated rings. The van der Waals surface area contributed by atoms with Crippen molar-refractivity contribution in [2.45, 2.75) is 19.4 Å². The summed E-state index contributed by atoms with van der Waals surface area (Å²) in [6.45, 7) is 4.18. The average molecular weight is 277 g/mol. The zero-order chi connectivity index (χ0) is 14.6. The number of aryl methyl sites for hydroxylation is 1. The fraction of sp³-hybridized carbons (Fsp3) is 0.462. The van der Waals surface area contributed by atoms with Gasteiger partial charge in [-0.25, -0.2) is 4.68 Å². The maximum Gasteiger partial charge on any atom is 0.175 e. The molecule has 2 N–H and O–H groups in total. The van der Waals surface area contributed by atoms with Crippen molar-refractivity contribution in [3.8, 4) is 5.82 Å². The van der Waals surface area contributed by atoms with Crippen molar-refractivity contribution in [1.82, 2.24) is 20.0 Å². The molecule has 0 saturated carbocycles. The van der Waals surface area contributed by atoms with E-state index in [2.05, 4.69) is 20.6 Å². The smallest absolute Gasteiger partial charge is 0.175 e. The number of aliphatic hydroxyl groups is 1. The first kappa shape index (κ1) is 14.4. The Morgan fingerprint density at radius 2 is 2.15 bits per heavy atom. The summed E-state index contributed by atoms with van der Waals surface area (Å²) < 4.78 is 6.60. The Morgan fingerprint density at radius 1 is 1.35 bits per heavy atom. The third kappa shape index (κ3) is 3.75. The predicted octanol–water partition coefficient (Wildman–Crippen LogP) is 0.780. The molecule has 0 aliphatic heterocycles. The van der Waals surface area contributed by atoms with Crippen LogP contribution in [0, 0.1) is 6.92 Å². The maximum atomic E-state index is 9.96. The zero-order valence-electron chi connectivity index (χ0n) is 11.9. The van der Waals surface area contributed by atoms with Gasteiger partial charge in [-0.1, -0.05) is 0 Å². The van der Waals surface area contributed by atoms with Crippen LogP contribution in [0.4, 0.5) is 5.82 Å². The Bertz CT molecular complexity index is 550. The zero-order valence-corrected chi connectivity index (χ0v) is 11.9. The molecular weight excluding hydrogens is 258 g/mol. The van der Waals surface area contributed by atoms with Gasteiger partial charge in [0.25, 0.3) is 0 Å². The Hall–Kier alpha value is -1.99. The van der Waals surface area contributed by atoms with Crippen molar-refractivity contribution in [1.29, 1.82) is 0 Å². The van der Waals surface area contributed by atoms with Gasteiger partial charge in [0.1, 0.15) is 11.4 Å². The van der Waals surface area contributed by atoms with E-state index in [9.17, 15) is 5.11 Å². The van der Waals surface area contributed by atoms with Gasteiger partial charge in [-0.2, -0.15) is 5.10 Å². The number of methoxy groups -OCH3 is 1. The largest absolute Gasteiger partial charge is 0.386 e. The van der Waals surface area contributed by atoms with Gasteiger partial charge in [-0.15, -0.1) is 10.2 Å². The van der Waals surface area contributed by atoms with Crippen LogP contribution in [-0.2, 0) is 4.74 Å². The number of nitrogens with one attached hydrogen (secondary N) is 1. The molecule has 0 spiro atoms. The van der Waals surface area contributed by atoms with Crippen molar-refractivity contribution in [3.63, 3.8) is 0 Å². The van der Waals surface area contributed by atoms with Gasteiger partial charge in [-0.3, -0.25) is 0 Å². The van der Waals surface area contributed by atoms with Crippen molar-refractivity contribution < 1.29 is 9.84 Å². The molecule has 108 valence electrons. The van der Waals surface area contributed by atoms with Crippen LogP contribution >= 0.6 is 0 Å². The van der Waals surface area contributed by atoms with Crippen LogP contribution in [0.3, 0.4) is 0 Å². The molecule has 1 atom stereocenters. The van der Waals surface area contributed by atoms with Crippen molar-refractivity contribution in [2.75, 3.05) is 25.6 Å². The number of nitrogens with zero attached hydrogens (tertiary/aromatic N) is 4. The van der Waals surface area contributed by atoms with Gasteiger partial charge >= 0.3 is 0 Å². The summed E-state index contributed by atoms with van der Waals surface area (Å²) in [7, 11) is 1.55. The number of hydrogen-bond donors (Lipinski definition) is 2. The minimum atomic E-state index is -0.950. The van der Waals surface area contributed by atoms with Crippen LogP contribution in [0.2, 0.25) is 0 Å². The minimum Gasteiger partial charge on any atom is -0.386 e. The molecule has 7 nitrogen and oxygen atoms in total. The first-order valence-corrected chi connectivity index (χ1v) is 6.32. The van der Waals surface area contributed by atoms with Crippen LogP contribution in [-0.4, -0.2) is 50.9 Å². The Morgan fingerprint density at radius 3 is 2.70 bits per heavy atom. The molecule has 2 aromatic heterocycles. The summed E-state index contributed by atoms with van der Waals surface area (Å²) in [6, 6.07) is 5.50. The van der Waals surface area contributed by atoms with E-state index in [1.54, 1.807) is 24.8 Å². The predicted molar refractivity (Wildman–Crippen MR) is 74.9 cm³/mol. The molecule has 2 heterocycles. The van der Waals surface area contributed by atoms with E-state index in [1.165, 1.54) is 0 Å². The van der Waals surface area contributed by atoms with E-state index in [1.807, 2.05) is 25.3 Å². The van der Waals surface area contributed by atoms with E-state index in [0.29, 0.717) is 18.2 Å². The quantitative estimate of drug-likeness (QED) is 0.811. The second-order valence-corrected chi connectivity index (χ2v) is 4.96. The molecule has 20 heavy (non-hydrogen) atoms. The molecular formula is C13H19N5O2. The van der Waals surface area contributed by atoms with Gasteiger partial charge in [0, 0.05) is 19.9 Å². The van der Waals surface area contributed by atoms with Crippen LogP contribution in [0.1, 0.15) is 12.6 Å². The Labute approximate surface area is 117 Å². The summed E-state index contributed by atoms with van der Waals surface area (Å²) in [4.78, 5) is 0. The van der Waals surface area contributed by atoms with Crippen molar-refractivity contribution in [2.24, 2.45) is 0 Å². The van der Waals surface area contributed by atoms with Gasteiger partial charge in [-0.05, 0) is 32.0 Å². The topological polar surface area (TPSA) is 85.1 Å². The van der Waals surface area contributed by atoms with Gasteiger partial charge in [0.15, 0.2) is 5.82 Å². The normalized spacial score (nSPS) is 14.0. The van der Waals surface area contributed by atoms with Crippen LogP contribution < -0.4 is 5.32 Å². The summed E-state index contributed by atoms with van der Waals surface area (Å²) in [5, 5.41) is 25.4. The molecule has 0 aromatic carbocycles. The lowest BCUT2D eigenvalue weighted by Crippen LogP contribution is -2.38. The fourth-order valence-corrected chi connectivity index (χ4v) is 1.73. The number of rotatable bonds is 6. The third-order valence-corrected chi connectivity index (χ3v) is 2.71. The lowest BCUT2D eigenvalue weighted by molar-refractivity contribution is -0.00642. The SMILES string of the molecule is COC[C@](C)(O)CNc1ccc(-n2ccc(C)n2)nn1. The molecule has 0 saturated heterocycles. The van der Waals surface area contributed by atoms with E-state index < -0.39 is 5.60 Å². The highest BCUT2D eigenvalue weighted by molar-refractivity contribution is 5.36. The summed E-state index contributed by atoms with van der Waals surface area (Å²) >= 11 is 0. The third-order valence-electron chi connectivity index (χ3n) is 2.71. The van der Waals surface area contributed by atoms with Crippen LogP contribution in [0.15, 0.2) is 24.4 Å². The highest BCUT2D eigenvalue weighted by Gasteiger charge is 2.19. The summed E-state index contributed by atoms with van der Waals surface area (Å²) in [5.41, 5.74) is -0.0293. The van der Waals surface area contributed by atoms with E-state index in [-0.39, 0.29) is 6.61 Å². The van der Waals surface area contributed by atoms with E-state index in [4.69, 9.17) is 4.74 Å². The van der Waals surface area contributed by atoms with E-state index >= 15 is 0 Å². The monoisotopic (exact) mass is 277 g/mol. The highest BCUT2D eigenvalue weighted by Crippen LogP contribution is 2.09. The molecule has 0 amide bonds. The van der Waals surface area contributed by atoms with Gasteiger partial charge in [0.05, 0.1) is 12.3 Å². The molecule has 0 radical (unpaired) electrons. The first-order chi connectivity index (χ1) is 9.50. The first-order valence-electron chi connectivity index (χ1n) is 6.32. The van der Waals surface area contributed by atoms with E-state index in [0.717, 1.165) is 5.69 Å². The van der Waals surface area contributed by atoms with Gasteiger partial charge < -0.3 is 15.2 Å². The second kappa shape index (κ2) is 5.98.